The molecule has 0 radical (unpaired) electrons. The summed E-state index contributed by atoms with van der Waals surface area (Å²) in [6.45, 7) is 2.06. The fourth-order valence-electron chi connectivity index (χ4n) is 1.68. The third-order valence-electron chi connectivity index (χ3n) is 2.81. The highest BCUT2D eigenvalue weighted by Gasteiger charge is 2.04. The van der Waals surface area contributed by atoms with Crippen LogP contribution in [0, 0.1) is 6.92 Å². The van der Waals surface area contributed by atoms with Gasteiger partial charge in [0, 0.05) is 5.56 Å². The number of hydrogen-bond acceptors (Lipinski definition) is 3. The number of carbonyl (C=O) groups is 1. The first-order valence-electron chi connectivity index (χ1n) is 6.52. The lowest BCUT2D eigenvalue weighted by Gasteiger charge is -2.08. The number of rotatable bonds is 5. The lowest BCUT2D eigenvalue weighted by Crippen LogP contribution is -2.27. The molecule has 1 amide bonds. The standard InChI is InChI=1S/C16H17N3O2/c1-12-7-5-6-10-14(12)21-11-15(17)18-19-16(20)13-8-3-2-4-9-13/h2-10H,11H2,1H3,(H2,17,18)(H,19,20). The van der Waals surface area contributed by atoms with Crippen LogP contribution in [0.15, 0.2) is 59.7 Å². The largest absolute Gasteiger partial charge is 0.485 e. The third-order valence-corrected chi connectivity index (χ3v) is 2.81. The van der Waals surface area contributed by atoms with Crippen LogP contribution in [0.1, 0.15) is 15.9 Å². The fraction of sp³-hybridized carbons (Fsp3) is 0.125. The number of nitrogens with one attached hydrogen (secondary N) is 1. The number of ether oxygens (including phenoxy) is 1. The van der Waals surface area contributed by atoms with Gasteiger partial charge in [0.1, 0.15) is 12.4 Å². The van der Waals surface area contributed by atoms with Crippen LogP contribution in [-0.2, 0) is 0 Å². The second-order valence-corrected chi connectivity index (χ2v) is 4.46. The average Bonchev–Trinajstić information content (AvgIpc) is 2.52. The van der Waals surface area contributed by atoms with E-state index in [2.05, 4.69) is 10.5 Å². The number of carbonyl (C=O) groups excluding carboxylic acids is 1. The highest BCUT2D eigenvalue weighted by atomic mass is 16.5. The molecule has 0 saturated carbocycles. The van der Waals surface area contributed by atoms with Gasteiger partial charge in [-0.3, -0.25) is 4.79 Å². The Morgan fingerprint density at radius 2 is 1.81 bits per heavy atom. The first kappa shape index (κ1) is 14.6. The molecule has 2 aromatic rings. The van der Waals surface area contributed by atoms with Gasteiger partial charge < -0.3 is 10.5 Å². The predicted molar refractivity (Wildman–Crippen MR) is 82.2 cm³/mol. The van der Waals surface area contributed by atoms with Crippen molar-refractivity contribution in [2.75, 3.05) is 6.61 Å². The maximum absolute atomic E-state index is 11.8. The number of amidine groups is 1. The van der Waals surface area contributed by atoms with Crippen LogP contribution in [0.4, 0.5) is 0 Å². The maximum Gasteiger partial charge on any atom is 0.271 e. The van der Waals surface area contributed by atoms with Crippen LogP contribution < -0.4 is 15.9 Å². The Hall–Kier alpha value is -2.82. The summed E-state index contributed by atoms with van der Waals surface area (Å²) >= 11 is 0. The molecule has 0 aliphatic heterocycles. The zero-order chi connectivity index (χ0) is 15.1. The van der Waals surface area contributed by atoms with E-state index in [0.717, 1.165) is 11.3 Å². The van der Waals surface area contributed by atoms with Crippen molar-refractivity contribution in [3.8, 4) is 5.75 Å². The van der Waals surface area contributed by atoms with Crippen molar-refractivity contribution in [1.82, 2.24) is 5.43 Å². The Morgan fingerprint density at radius 1 is 1.14 bits per heavy atom. The molecule has 2 rings (SSSR count). The van der Waals surface area contributed by atoms with E-state index < -0.39 is 0 Å². The molecular formula is C16H17N3O2. The summed E-state index contributed by atoms with van der Waals surface area (Å²) in [6, 6.07) is 16.4. The second-order valence-electron chi connectivity index (χ2n) is 4.46. The van der Waals surface area contributed by atoms with Crippen LogP contribution in [0.3, 0.4) is 0 Å². The summed E-state index contributed by atoms with van der Waals surface area (Å²) in [4.78, 5) is 11.8. The minimum Gasteiger partial charge on any atom is -0.485 e. The average molecular weight is 283 g/mol. The monoisotopic (exact) mass is 283 g/mol. The van der Waals surface area contributed by atoms with E-state index in [1.807, 2.05) is 37.3 Å². The number of amides is 1. The first-order chi connectivity index (χ1) is 10.2. The number of benzene rings is 2. The number of nitrogens with zero attached hydrogens (tertiary/aromatic N) is 1. The molecule has 108 valence electrons. The summed E-state index contributed by atoms with van der Waals surface area (Å²) in [6.07, 6.45) is 0. The lowest BCUT2D eigenvalue weighted by molar-refractivity contribution is 0.0954. The van der Waals surface area contributed by atoms with Crippen molar-refractivity contribution in [3.63, 3.8) is 0 Å². The molecule has 2 aromatic carbocycles. The van der Waals surface area contributed by atoms with Gasteiger partial charge in [-0.25, -0.2) is 5.43 Å². The predicted octanol–water partition coefficient (Wildman–Crippen LogP) is 2.08. The zero-order valence-corrected chi connectivity index (χ0v) is 11.7. The maximum atomic E-state index is 11.8. The molecule has 0 fully saturated rings. The molecule has 5 heteroatoms. The van der Waals surface area contributed by atoms with Crippen LogP contribution in [0.25, 0.3) is 0 Å². The molecule has 3 N–H and O–H groups in total. The number of hydrogen-bond donors (Lipinski definition) is 2. The molecule has 0 spiro atoms. The van der Waals surface area contributed by atoms with E-state index in [4.69, 9.17) is 10.5 Å². The van der Waals surface area contributed by atoms with Crippen molar-refractivity contribution in [2.45, 2.75) is 6.92 Å². The Bertz CT molecular complexity index is 639. The fourth-order valence-corrected chi connectivity index (χ4v) is 1.68. The SMILES string of the molecule is Cc1ccccc1OC/C(N)=N/NC(=O)c1ccccc1. The van der Waals surface area contributed by atoms with Gasteiger partial charge in [-0.05, 0) is 30.7 Å². The van der Waals surface area contributed by atoms with Gasteiger partial charge in [0.2, 0.25) is 0 Å². The minimum absolute atomic E-state index is 0.111. The van der Waals surface area contributed by atoms with Crippen LogP contribution in [0.5, 0.6) is 5.75 Å². The molecule has 0 unspecified atom stereocenters. The van der Waals surface area contributed by atoms with Crippen LogP contribution in [0.2, 0.25) is 0 Å². The Kier molecular flexibility index (Phi) is 4.93. The number of aryl methyl sites for hydroxylation is 1. The Balaban J connectivity index is 1.87. The molecule has 21 heavy (non-hydrogen) atoms. The second kappa shape index (κ2) is 7.09. The van der Waals surface area contributed by atoms with E-state index in [1.165, 1.54) is 0 Å². The summed E-state index contributed by atoms with van der Waals surface area (Å²) in [7, 11) is 0. The first-order valence-corrected chi connectivity index (χ1v) is 6.52. The normalized spacial score (nSPS) is 11.0. The van der Waals surface area contributed by atoms with E-state index in [-0.39, 0.29) is 18.3 Å². The van der Waals surface area contributed by atoms with Crippen molar-refractivity contribution in [1.29, 1.82) is 0 Å². The zero-order valence-electron chi connectivity index (χ0n) is 11.7. The van der Waals surface area contributed by atoms with E-state index in [1.54, 1.807) is 24.3 Å². The molecule has 0 saturated heterocycles. The summed E-state index contributed by atoms with van der Waals surface area (Å²) in [5.41, 5.74) is 9.64. The Labute approximate surface area is 123 Å². The summed E-state index contributed by atoms with van der Waals surface area (Å²) in [5, 5.41) is 3.82. The number of hydrazone groups is 1. The summed E-state index contributed by atoms with van der Waals surface area (Å²) in [5.74, 6) is 0.627. The Morgan fingerprint density at radius 3 is 2.52 bits per heavy atom. The molecule has 0 heterocycles. The van der Waals surface area contributed by atoms with Crippen LogP contribution >= 0.6 is 0 Å². The smallest absolute Gasteiger partial charge is 0.271 e. The van der Waals surface area contributed by atoms with Gasteiger partial charge in [0.15, 0.2) is 5.84 Å². The molecule has 5 nitrogen and oxygen atoms in total. The summed E-state index contributed by atoms with van der Waals surface area (Å²) < 4.78 is 5.53. The van der Waals surface area contributed by atoms with Crippen molar-refractivity contribution < 1.29 is 9.53 Å². The van der Waals surface area contributed by atoms with Gasteiger partial charge in [0.05, 0.1) is 0 Å². The van der Waals surface area contributed by atoms with Gasteiger partial charge in [0.25, 0.3) is 5.91 Å². The van der Waals surface area contributed by atoms with E-state index >= 15 is 0 Å². The quantitative estimate of drug-likeness (QED) is 0.501. The molecular weight excluding hydrogens is 266 g/mol. The third kappa shape index (κ3) is 4.35. The molecule has 0 bridgehead atoms. The molecule has 0 aliphatic rings. The van der Waals surface area contributed by atoms with Gasteiger partial charge in [-0.1, -0.05) is 36.4 Å². The van der Waals surface area contributed by atoms with Crippen molar-refractivity contribution in [3.05, 3.63) is 65.7 Å². The van der Waals surface area contributed by atoms with Crippen molar-refractivity contribution in [2.24, 2.45) is 10.8 Å². The highest BCUT2D eigenvalue weighted by molar-refractivity contribution is 5.95. The molecule has 0 aromatic heterocycles. The van der Waals surface area contributed by atoms with E-state index in [9.17, 15) is 4.79 Å². The van der Waals surface area contributed by atoms with Gasteiger partial charge in [-0.15, -0.1) is 0 Å². The van der Waals surface area contributed by atoms with Crippen molar-refractivity contribution >= 4 is 11.7 Å². The van der Waals surface area contributed by atoms with Gasteiger partial charge >= 0.3 is 0 Å². The lowest BCUT2D eigenvalue weighted by atomic mass is 10.2. The van der Waals surface area contributed by atoms with Gasteiger partial charge in [-0.2, -0.15) is 5.10 Å². The number of nitrogens with two attached hydrogens (primary N) is 1. The topological polar surface area (TPSA) is 76.7 Å². The highest BCUT2D eigenvalue weighted by Crippen LogP contribution is 2.15. The number of para-hydroxylation sites is 1. The molecule has 0 aliphatic carbocycles. The van der Waals surface area contributed by atoms with Crippen LogP contribution in [-0.4, -0.2) is 18.3 Å². The van der Waals surface area contributed by atoms with E-state index in [0.29, 0.717) is 5.56 Å². The molecule has 0 atom stereocenters. The minimum atomic E-state index is -0.311.